The van der Waals surface area contributed by atoms with Gasteiger partial charge in [0.05, 0.1) is 11.7 Å². The fourth-order valence-electron chi connectivity index (χ4n) is 2.56. The predicted octanol–water partition coefficient (Wildman–Crippen LogP) is 2.83. The number of benzene rings is 1. The maximum atomic E-state index is 4.63. The van der Waals surface area contributed by atoms with Gasteiger partial charge >= 0.3 is 0 Å². The normalized spacial score (nSPS) is 18.6. The van der Waals surface area contributed by atoms with Gasteiger partial charge in [0.2, 0.25) is 5.95 Å². The van der Waals surface area contributed by atoms with Crippen molar-refractivity contribution in [2.75, 3.05) is 5.32 Å². The Hall–Kier alpha value is -3.08. The van der Waals surface area contributed by atoms with Crippen molar-refractivity contribution >= 4 is 17.2 Å². The number of hydrogen-bond donors (Lipinski definition) is 2. The number of nitrogens with zero attached hydrogens (tertiary/aromatic N) is 3. The van der Waals surface area contributed by atoms with Gasteiger partial charge in [0.25, 0.3) is 0 Å². The Balaban J connectivity index is 1.60. The maximum Gasteiger partial charge on any atom is 0.227 e. The second-order valence-electron chi connectivity index (χ2n) is 5.06. The highest BCUT2D eigenvalue weighted by Gasteiger charge is 2.26. The molecule has 1 aromatic carbocycles. The van der Waals surface area contributed by atoms with Crippen molar-refractivity contribution in [3.8, 4) is 0 Å². The van der Waals surface area contributed by atoms with Crippen molar-refractivity contribution in [2.24, 2.45) is 0 Å². The van der Waals surface area contributed by atoms with Crippen LogP contribution < -0.4 is 10.7 Å². The SMILES string of the molecule is C1=CC2C(c3ccnc(Nc4ccccc4)n3)=CNN2C=C1. The number of aromatic nitrogens is 2. The van der Waals surface area contributed by atoms with Crippen LogP contribution in [-0.2, 0) is 0 Å². The fraction of sp³-hybridized carbons (Fsp3) is 0.0588. The standard InChI is InChI=1S/C17H15N5/c1-2-6-13(7-3-1)20-17-18-10-9-15(21-17)14-12-19-22-11-5-4-8-16(14)22/h1-12,16,19H,(H,18,20,21). The zero-order valence-electron chi connectivity index (χ0n) is 11.8. The highest BCUT2D eigenvalue weighted by atomic mass is 15.5. The molecule has 0 aliphatic carbocycles. The van der Waals surface area contributed by atoms with E-state index in [-0.39, 0.29) is 6.04 Å². The zero-order chi connectivity index (χ0) is 14.8. The van der Waals surface area contributed by atoms with Crippen LogP contribution in [0.2, 0.25) is 0 Å². The van der Waals surface area contributed by atoms with Crippen LogP contribution in [0.15, 0.2) is 73.2 Å². The van der Waals surface area contributed by atoms with Crippen LogP contribution in [0.4, 0.5) is 11.6 Å². The van der Waals surface area contributed by atoms with E-state index >= 15 is 0 Å². The van der Waals surface area contributed by atoms with Gasteiger partial charge in [-0.2, -0.15) is 0 Å². The van der Waals surface area contributed by atoms with Crippen LogP contribution in [0, 0.1) is 0 Å². The van der Waals surface area contributed by atoms with Crippen molar-refractivity contribution in [1.82, 2.24) is 20.4 Å². The Morgan fingerprint density at radius 3 is 2.91 bits per heavy atom. The van der Waals surface area contributed by atoms with E-state index in [9.17, 15) is 0 Å². The molecule has 3 heterocycles. The summed E-state index contributed by atoms with van der Waals surface area (Å²) in [5.41, 5.74) is 6.24. The molecule has 5 heteroatoms. The first-order chi connectivity index (χ1) is 10.9. The van der Waals surface area contributed by atoms with Crippen LogP contribution >= 0.6 is 0 Å². The van der Waals surface area contributed by atoms with E-state index in [2.05, 4.69) is 26.8 Å². The Labute approximate surface area is 128 Å². The van der Waals surface area contributed by atoms with Crippen molar-refractivity contribution in [3.63, 3.8) is 0 Å². The van der Waals surface area contributed by atoms with E-state index in [1.165, 1.54) is 0 Å². The van der Waals surface area contributed by atoms with Crippen molar-refractivity contribution < 1.29 is 0 Å². The first-order valence-electron chi connectivity index (χ1n) is 7.15. The summed E-state index contributed by atoms with van der Waals surface area (Å²) in [6.07, 6.45) is 12.0. The molecule has 1 aromatic heterocycles. The highest BCUT2D eigenvalue weighted by Crippen LogP contribution is 2.27. The van der Waals surface area contributed by atoms with Gasteiger partial charge in [0, 0.05) is 29.9 Å². The molecular weight excluding hydrogens is 274 g/mol. The molecule has 2 aromatic rings. The number of rotatable bonds is 3. The second kappa shape index (κ2) is 5.37. The summed E-state index contributed by atoms with van der Waals surface area (Å²) in [4.78, 5) is 8.92. The quantitative estimate of drug-likeness (QED) is 0.910. The average Bonchev–Trinajstić information content (AvgIpc) is 3.00. The molecule has 2 aliphatic rings. The lowest BCUT2D eigenvalue weighted by Gasteiger charge is -2.24. The van der Waals surface area contributed by atoms with Gasteiger partial charge in [-0.25, -0.2) is 9.97 Å². The average molecular weight is 289 g/mol. The van der Waals surface area contributed by atoms with E-state index in [1.807, 2.05) is 66.0 Å². The van der Waals surface area contributed by atoms with Gasteiger partial charge in [-0.05, 0) is 24.3 Å². The van der Waals surface area contributed by atoms with E-state index < -0.39 is 0 Å². The maximum absolute atomic E-state index is 4.63. The molecule has 1 unspecified atom stereocenters. The Morgan fingerprint density at radius 2 is 2.00 bits per heavy atom. The van der Waals surface area contributed by atoms with Crippen LogP contribution in [0.3, 0.4) is 0 Å². The Bertz CT molecular complexity index is 764. The fourth-order valence-corrected chi connectivity index (χ4v) is 2.56. The molecule has 108 valence electrons. The molecule has 0 saturated heterocycles. The van der Waals surface area contributed by atoms with E-state index in [0.717, 1.165) is 17.0 Å². The summed E-state index contributed by atoms with van der Waals surface area (Å²) in [5, 5.41) is 5.27. The predicted molar refractivity (Wildman–Crippen MR) is 86.8 cm³/mol. The molecule has 2 aliphatic heterocycles. The van der Waals surface area contributed by atoms with Crippen molar-refractivity contribution in [2.45, 2.75) is 6.04 Å². The minimum atomic E-state index is 0.171. The van der Waals surface area contributed by atoms with E-state index in [4.69, 9.17) is 0 Å². The summed E-state index contributed by atoms with van der Waals surface area (Å²) < 4.78 is 0. The van der Waals surface area contributed by atoms with Crippen molar-refractivity contribution in [1.29, 1.82) is 0 Å². The van der Waals surface area contributed by atoms with Gasteiger partial charge in [-0.1, -0.05) is 30.4 Å². The molecular formula is C17H15N5. The smallest absolute Gasteiger partial charge is 0.227 e. The summed E-state index contributed by atoms with van der Waals surface area (Å²) in [6, 6.07) is 12.0. The molecule has 0 radical (unpaired) electrons. The molecule has 4 rings (SSSR count). The number of hydrazine groups is 1. The van der Waals surface area contributed by atoms with Crippen LogP contribution in [0.25, 0.3) is 5.57 Å². The topological polar surface area (TPSA) is 53.1 Å². The van der Waals surface area contributed by atoms with Gasteiger partial charge in [0.15, 0.2) is 0 Å². The zero-order valence-corrected chi connectivity index (χ0v) is 11.8. The van der Waals surface area contributed by atoms with Crippen molar-refractivity contribution in [3.05, 3.63) is 78.9 Å². The third-order valence-electron chi connectivity index (χ3n) is 3.62. The summed E-state index contributed by atoms with van der Waals surface area (Å²) in [7, 11) is 0. The third kappa shape index (κ3) is 2.33. The third-order valence-corrected chi connectivity index (χ3v) is 3.62. The lowest BCUT2D eigenvalue weighted by molar-refractivity contribution is 0.327. The summed E-state index contributed by atoms with van der Waals surface area (Å²) in [6.45, 7) is 0. The first-order valence-corrected chi connectivity index (χ1v) is 7.15. The van der Waals surface area contributed by atoms with Crippen LogP contribution in [-0.4, -0.2) is 21.0 Å². The number of fused-ring (bicyclic) bond motifs is 1. The highest BCUT2D eigenvalue weighted by molar-refractivity contribution is 5.71. The molecule has 1 atom stereocenters. The summed E-state index contributed by atoms with van der Waals surface area (Å²) >= 11 is 0. The number of allylic oxidation sites excluding steroid dienone is 2. The van der Waals surface area contributed by atoms with Crippen LogP contribution in [0.5, 0.6) is 0 Å². The van der Waals surface area contributed by atoms with Gasteiger partial charge in [0.1, 0.15) is 0 Å². The van der Waals surface area contributed by atoms with Crippen LogP contribution in [0.1, 0.15) is 5.69 Å². The summed E-state index contributed by atoms with van der Waals surface area (Å²) in [5.74, 6) is 0.596. The molecule has 22 heavy (non-hydrogen) atoms. The number of hydrogen-bond acceptors (Lipinski definition) is 5. The number of nitrogens with one attached hydrogen (secondary N) is 2. The molecule has 0 amide bonds. The molecule has 0 bridgehead atoms. The number of para-hydroxylation sites is 1. The molecule has 0 spiro atoms. The monoisotopic (exact) mass is 289 g/mol. The second-order valence-corrected chi connectivity index (χ2v) is 5.06. The Morgan fingerprint density at radius 1 is 1.09 bits per heavy atom. The largest absolute Gasteiger partial charge is 0.324 e. The first kappa shape index (κ1) is 12.6. The minimum absolute atomic E-state index is 0.171. The lowest BCUT2D eigenvalue weighted by atomic mass is 10.0. The Kier molecular flexibility index (Phi) is 3.08. The van der Waals surface area contributed by atoms with E-state index in [0.29, 0.717) is 5.95 Å². The van der Waals surface area contributed by atoms with Gasteiger partial charge < -0.3 is 10.7 Å². The van der Waals surface area contributed by atoms with E-state index in [1.54, 1.807) is 6.20 Å². The van der Waals surface area contributed by atoms with Gasteiger partial charge in [-0.3, -0.25) is 5.01 Å². The lowest BCUT2D eigenvalue weighted by Crippen LogP contribution is -2.33. The molecule has 5 nitrogen and oxygen atoms in total. The van der Waals surface area contributed by atoms with Gasteiger partial charge in [-0.15, -0.1) is 0 Å². The number of anilines is 2. The molecule has 2 N–H and O–H groups in total. The minimum Gasteiger partial charge on any atom is -0.324 e. The molecule has 0 saturated carbocycles. The molecule has 0 fully saturated rings.